The third kappa shape index (κ3) is 2.93. The van der Waals surface area contributed by atoms with Gasteiger partial charge >= 0.3 is 11.9 Å². The molecule has 0 saturated carbocycles. The molecule has 0 aliphatic carbocycles. The number of nitrogens with zero attached hydrogens (tertiary/aromatic N) is 2. The summed E-state index contributed by atoms with van der Waals surface area (Å²) in [5, 5.41) is 7.47. The van der Waals surface area contributed by atoms with Gasteiger partial charge in [-0.1, -0.05) is 15.9 Å². The average molecular weight is 327 g/mol. The highest BCUT2D eigenvalue weighted by Crippen LogP contribution is 2.31. The van der Waals surface area contributed by atoms with Crippen molar-refractivity contribution in [3.8, 4) is 17.2 Å². The van der Waals surface area contributed by atoms with E-state index >= 15 is 0 Å². The Hall–Kier alpha value is -1.89. The summed E-state index contributed by atoms with van der Waals surface area (Å²) in [5.41, 5.74) is 0.605. The van der Waals surface area contributed by atoms with Gasteiger partial charge in [-0.15, -0.1) is 10.2 Å². The van der Waals surface area contributed by atoms with E-state index in [1.807, 2.05) is 6.07 Å². The average Bonchev–Trinajstić information content (AvgIpc) is 2.88. The molecule has 0 bridgehead atoms. The van der Waals surface area contributed by atoms with Crippen molar-refractivity contribution in [3.05, 3.63) is 28.6 Å². The van der Waals surface area contributed by atoms with E-state index in [9.17, 15) is 4.79 Å². The summed E-state index contributed by atoms with van der Waals surface area (Å²) < 4.78 is 16.1. The van der Waals surface area contributed by atoms with Gasteiger partial charge in [0.05, 0.1) is 19.3 Å². The summed E-state index contributed by atoms with van der Waals surface area (Å²) >= 11 is 3.34. The van der Waals surface area contributed by atoms with Crippen LogP contribution >= 0.6 is 15.9 Å². The summed E-state index contributed by atoms with van der Waals surface area (Å²) in [4.78, 5) is 11.4. The first-order valence-corrected chi connectivity index (χ1v) is 6.29. The zero-order valence-electron chi connectivity index (χ0n) is 10.3. The monoisotopic (exact) mass is 326 g/mol. The molecule has 0 spiro atoms. The standard InChI is InChI=1S/C12H11BrN2O4/c1-3-18-12(16)11-15-14-10(19-11)8-5-4-7(13)6-9(8)17-2/h4-6H,3H2,1-2H3. The molecule has 0 unspecified atom stereocenters. The van der Waals surface area contributed by atoms with Gasteiger partial charge < -0.3 is 13.9 Å². The number of carbonyl (C=O) groups excluding carboxylic acids is 1. The van der Waals surface area contributed by atoms with E-state index in [1.165, 1.54) is 7.11 Å². The van der Waals surface area contributed by atoms with Crippen molar-refractivity contribution in [2.45, 2.75) is 6.92 Å². The van der Waals surface area contributed by atoms with E-state index in [1.54, 1.807) is 19.1 Å². The number of benzene rings is 1. The van der Waals surface area contributed by atoms with Crippen molar-refractivity contribution in [1.82, 2.24) is 10.2 Å². The van der Waals surface area contributed by atoms with Crippen molar-refractivity contribution >= 4 is 21.9 Å². The molecule has 0 saturated heterocycles. The first kappa shape index (κ1) is 13.5. The highest BCUT2D eigenvalue weighted by molar-refractivity contribution is 9.10. The third-order valence-electron chi connectivity index (χ3n) is 2.27. The fourth-order valence-electron chi connectivity index (χ4n) is 1.45. The molecule has 1 heterocycles. The van der Waals surface area contributed by atoms with E-state index in [2.05, 4.69) is 26.1 Å². The van der Waals surface area contributed by atoms with Gasteiger partial charge in [-0.2, -0.15) is 0 Å². The molecule has 0 aliphatic heterocycles. The van der Waals surface area contributed by atoms with Crippen LogP contribution in [0.15, 0.2) is 27.1 Å². The molecule has 7 heteroatoms. The number of hydrogen-bond donors (Lipinski definition) is 0. The summed E-state index contributed by atoms with van der Waals surface area (Å²) in [6, 6.07) is 5.33. The van der Waals surface area contributed by atoms with Crippen LogP contribution in [0.2, 0.25) is 0 Å². The van der Waals surface area contributed by atoms with Crippen LogP contribution in [-0.2, 0) is 4.74 Å². The molecule has 2 aromatic rings. The Morgan fingerprint density at radius 2 is 2.21 bits per heavy atom. The predicted molar refractivity (Wildman–Crippen MR) is 69.9 cm³/mol. The van der Waals surface area contributed by atoms with Crippen LogP contribution in [0.3, 0.4) is 0 Å². The molecule has 0 aliphatic rings. The Bertz CT molecular complexity index is 597. The highest BCUT2D eigenvalue weighted by Gasteiger charge is 2.19. The fourth-order valence-corrected chi connectivity index (χ4v) is 1.79. The van der Waals surface area contributed by atoms with Crippen LogP contribution in [0.1, 0.15) is 17.6 Å². The second-order valence-electron chi connectivity index (χ2n) is 3.48. The van der Waals surface area contributed by atoms with Crippen molar-refractivity contribution in [1.29, 1.82) is 0 Å². The zero-order chi connectivity index (χ0) is 13.8. The van der Waals surface area contributed by atoms with Gasteiger partial charge in [-0.25, -0.2) is 4.79 Å². The maximum Gasteiger partial charge on any atom is 0.396 e. The van der Waals surface area contributed by atoms with Gasteiger partial charge in [-0.3, -0.25) is 0 Å². The minimum absolute atomic E-state index is 0.179. The third-order valence-corrected chi connectivity index (χ3v) is 2.76. The van der Waals surface area contributed by atoms with Crippen molar-refractivity contribution in [3.63, 3.8) is 0 Å². The SMILES string of the molecule is CCOC(=O)c1nnc(-c2ccc(Br)cc2OC)o1. The van der Waals surface area contributed by atoms with Crippen molar-refractivity contribution < 1.29 is 18.7 Å². The molecule has 0 fully saturated rings. The number of ether oxygens (including phenoxy) is 2. The Morgan fingerprint density at radius 1 is 1.42 bits per heavy atom. The van der Waals surface area contributed by atoms with Crippen LogP contribution in [0.4, 0.5) is 0 Å². The number of esters is 1. The van der Waals surface area contributed by atoms with Crippen molar-refractivity contribution in [2.75, 3.05) is 13.7 Å². The van der Waals surface area contributed by atoms with Gasteiger partial charge in [0.25, 0.3) is 5.89 Å². The predicted octanol–water partition coefficient (Wildman–Crippen LogP) is 2.68. The van der Waals surface area contributed by atoms with Crippen LogP contribution in [-0.4, -0.2) is 29.9 Å². The van der Waals surface area contributed by atoms with Gasteiger partial charge in [-0.05, 0) is 25.1 Å². The maximum absolute atomic E-state index is 11.4. The molecular formula is C12H11BrN2O4. The molecule has 2 rings (SSSR count). The number of halogens is 1. The zero-order valence-corrected chi connectivity index (χ0v) is 11.9. The Labute approximate surface area is 117 Å². The van der Waals surface area contributed by atoms with Crippen LogP contribution < -0.4 is 4.74 Å². The topological polar surface area (TPSA) is 74.5 Å². The number of carbonyl (C=O) groups is 1. The maximum atomic E-state index is 11.4. The van der Waals surface area contributed by atoms with Gasteiger partial charge in [0.15, 0.2) is 0 Å². The number of methoxy groups -OCH3 is 1. The van der Waals surface area contributed by atoms with Gasteiger partial charge in [0.2, 0.25) is 0 Å². The normalized spacial score (nSPS) is 10.3. The molecule has 1 aromatic heterocycles. The molecular weight excluding hydrogens is 316 g/mol. The highest BCUT2D eigenvalue weighted by atomic mass is 79.9. The molecule has 1 aromatic carbocycles. The number of aromatic nitrogens is 2. The first-order chi connectivity index (χ1) is 9.15. The van der Waals surface area contributed by atoms with Crippen LogP contribution in [0, 0.1) is 0 Å². The summed E-state index contributed by atoms with van der Waals surface area (Å²) in [5.74, 6) is -0.0556. The molecule has 0 atom stereocenters. The van der Waals surface area contributed by atoms with E-state index < -0.39 is 5.97 Å². The summed E-state index contributed by atoms with van der Waals surface area (Å²) in [6.45, 7) is 1.95. The van der Waals surface area contributed by atoms with E-state index in [0.717, 1.165) is 4.47 Å². The van der Waals surface area contributed by atoms with Gasteiger partial charge in [0, 0.05) is 4.47 Å². The Balaban J connectivity index is 2.35. The lowest BCUT2D eigenvalue weighted by Crippen LogP contribution is -2.04. The largest absolute Gasteiger partial charge is 0.496 e. The summed E-state index contributed by atoms with van der Waals surface area (Å²) in [7, 11) is 1.54. The minimum Gasteiger partial charge on any atom is -0.496 e. The van der Waals surface area contributed by atoms with E-state index in [-0.39, 0.29) is 18.4 Å². The number of rotatable bonds is 4. The Morgan fingerprint density at radius 3 is 2.89 bits per heavy atom. The minimum atomic E-state index is -0.641. The molecule has 19 heavy (non-hydrogen) atoms. The molecule has 0 N–H and O–H groups in total. The van der Waals surface area contributed by atoms with E-state index in [0.29, 0.717) is 11.3 Å². The van der Waals surface area contributed by atoms with Crippen LogP contribution in [0.5, 0.6) is 5.75 Å². The quantitative estimate of drug-likeness (QED) is 0.804. The second-order valence-corrected chi connectivity index (χ2v) is 4.39. The number of hydrogen-bond acceptors (Lipinski definition) is 6. The second kappa shape index (κ2) is 5.83. The molecule has 0 radical (unpaired) electrons. The fraction of sp³-hybridized carbons (Fsp3) is 0.250. The lowest BCUT2D eigenvalue weighted by atomic mass is 10.2. The van der Waals surface area contributed by atoms with Crippen molar-refractivity contribution in [2.24, 2.45) is 0 Å². The summed E-state index contributed by atoms with van der Waals surface area (Å²) in [6.07, 6.45) is 0. The molecule has 100 valence electrons. The van der Waals surface area contributed by atoms with E-state index in [4.69, 9.17) is 13.9 Å². The molecule has 6 nitrogen and oxygen atoms in total. The Kier molecular flexibility index (Phi) is 4.16. The lowest BCUT2D eigenvalue weighted by Gasteiger charge is -2.04. The van der Waals surface area contributed by atoms with Gasteiger partial charge in [0.1, 0.15) is 5.75 Å². The first-order valence-electron chi connectivity index (χ1n) is 5.50. The smallest absolute Gasteiger partial charge is 0.396 e. The van der Waals surface area contributed by atoms with Crippen LogP contribution in [0.25, 0.3) is 11.5 Å². The molecule has 0 amide bonds. The lowest BCUT2D eigenvalue weighted by molar-refractivity contribution is 0.0481.